The second-order valence-electron chi connectivity index (χ2n) is 7.23. The number of thioether (sulfide) groups is 1. The number of hydrogen-bond acceptors (Lipinski definition) is 5. The summed E-state index contributed by atoms with van der Waals surface area (Å²) in [6.45, 7) is 1.22. The molecule has 3 heterocycles. The summed E-state index contributed by atoms with van der Waals surface area (Å²) in [6, 6.07) is 16.3. The molecule has 0 aliphatic carbocycles. The molecule has 5 rings (SSSR count). The lowest BCUT2D eigenvalue weighted by atomic mass is 10.1. The molecule has 1 unspecified atom stereocenters. The van der Waals surface area contributed by atoms with Crippen molar-refractivity contribution >= 4 is 28.6 Å². The normalized spacial score (nSPS) is 16.8. The van der Waals surface area contributed by atoms with Crippen molar-refractivity contribution in [2.24, 2.45) is 0 Å². The van der Waals surface area contributed by atoms with Gasteiger partial charge in [0.25, 0.3) is 5.89 Å². The molecule has 6 nitrogen and oxygen atoms in total. The molecule has 1 aliphatic heterocycles. The highest BCUT2D eigenvalue weighted by atomic mass is 32.2. The van der Waals surface area contributed by atoms with E-state index < -0.39 is 0 Å². The number of likely N-dealkylation sites (tertiary alicyclic amines) is 1. The van der Waals surface area contributed by atoms with Crippen molar-refractivity contribution in [2.45, 2.75) is 23.8 Å². The Kier molecular flexibility index (Phi) is 4.60. The zero-order valence-corrected chi connectivity index (χ0v) is 16.8. The predicted octanol–water partition coefficient (Wildman–Crippen LogP) is 4.46. The smallest absolute Gasteiger partial charge is 0.258 e. The molecule has 1 saturated heterocycles. The quantitative estimate of drug-likeness (QED) is 0.497. The van der Waals surface area contributed by atoms with Crippen molar-refractivity contribution in [1.82, 2.24) is 20.0 Å². The molecule has 0 spiro atoms. The Labute approximate surface area is 172 Å². The van der Waals surface area contributed by atoms with E-state index in [0.717, 1.165) is 22.0 Å². The Morgan fingerprint density at radius 1 is 1.21 bits per heavy atom. The molecule has 1 fully saturated rings. The van der Waals surface area contributed by atoms with Crippen LogP contribution in [-0.4, -0.2) is 38.7 Å². The van der Waals surface area contributed by atoms with Crippen molar-refractivity contribution in [1.29, 1.82) is 0 Å². The van der Waals surface area contributed by atoms with Gasteiger partial charge in [-0.05, 0) is 42.2 Å². The first kappa shape index (κ1) is 18.0. The Morgan fingerprint density at radius 2 is 2.07 bits per heavy atom. The fraction of sp³-hybridized carbons (Fsp3) is 0.227. The molecule has 1 amide bonds. The topological polar surface area (TPSA) is 75.0 Å². The Bertz CT molecular complexity index is 1170. The monoisotopic (exact) mass is 404 g/mol. The Morgan fingerprint density at radius 3 is 2.90 bits per heavy atom. The molecule has 7 heteroatoms. The molecule has 0 saturated carbocycles. The zero-order chi connectivity index (χ0) is 19.8. The molecular formula is C22H20N4O2S. The third kappa shape index (κ3) is 3.42. The lowest BCUT2D eigenvalue weighted by Crippen LogP contribution is -2.24. The summed E-state index contributed by atoms with van der Waals surface area (Å²) < 4.78 is 5.55. The molecule has 1 aliphatic rings. The molecule has 1 atom stereocenters. The average molecular weight is 404 g/mol. The maximum atomic E-state index is 12.5. The Balaban J connectivity index is 1.33. The first-order valence-corrected chi connectivity index (χ1v) is 10.7. The summed E-state index contributed by atoms with van der Waals surface area (Å²) >= 11 is 1.71. The van der Waals surface area contributed by atoms with Crippen LogP contribution in [0.5, 0.6) is 0 Å². The number of rotatable bonds is 5. The van der Waals surface area contributed by atoms with Crippen LogP contribution in [0.25, 0.3) is 22.4 Å². The van der Waals surface area contributed by atoms with Crippen molar-refractivity contribution in [3.05, 3.63) is 66.1 Å². The number of carbonyl (C=O) groups is 1. The van der Waals surface area contributed by atoms with Gasteiger partial charge in [0.15, 0.2) is 5.82 Å². The van der Waals surface area contributed by atoms with E-state index in [2.05, 4.69) is 45.6 Å². The van der Waals surface area contributed by atoms with Crippen LogP contribution in [0, 0.1) is 0 Å². The zero-order valence-electron chi connectivity index (χ0n) is 16.0. The number of aromatic amines is 1. The first-order chi connectivity index (χ1) is 14.2. The minimum atomic E-state index is -0.0455. The predicted molar refractivity (Wildman–Crippen MR) is 113 cm³/mol. The number of benzene rings is 2. The van der Waals surface area contributed by atoms with E-state index in [9.17, 15) is 4.79 Å². The summed E-state index contributed by atoms with van der Waals surface area (Å²) in [5, 5.41) is 5.23. The first-order valence-electron chi connectivity index (χ1n) is 9.52. The highest BCUT2D eigenvalue weighted by molar-refractivity contribution is 7.98. The van der Waals surface area contributed by atoms with E-state index in [1.165, 1.54) is 4.90 Å². The van der Waals surface area contributed by atoms with Crippen LogP contribution in [0.1, 0.15) is 23.7 Å². The Hall–Kier alpha value is -3.06. The standard InChI is InChI=1S/C22H20N4O2S/c1-29-16-7-5-14(6-8-16)12-26-13-15(11-20(26)27)21-24-22(28-25-21)18-3-2-4-19-17(18)9-10-23-19/h2-10,15,23H,11-13H2,1H3. The summed E-state index contributed by atoms with van der Waals surface area (Å²) in [4.78, 5) is 23.4. The third-order valence-corrected chi connectivity index (χ3v) is 6.12. The minimum absolute atomic E-state index is 0.0455. The molecule has 2 aromatic heterocycles. The van der Waals surface area contributed by atoms with Gasteiger partial charge < -0.3 is 14.4 Å². The van der Waals surface area contributed by atoms with Gasteiger partial charge in [-0.1, -0.05) is 23.4 Å². The van der Waals surface area contributed by atoms with Crippen LogP contribution in [0.2, 0.25) is 0 Å². The van der Waals surface area contributed by atoms with Crippen molar-refractivity contribution < 1.29 is 9.32 Å². The van der Waals surface area contributed by atoms with Gasteiger partial charge in [-0.25, -0.2) is 0 Å². The van der Waals surface area contributed by atoms with Crippen molar-refractivity contribution in [3.63, 3.8) is 0 Å². The van der Waals surface area contributed by atoms with Crippen molar-refractivity contribution in [3.8, 4) is 11.5 Å². The highest BCUT2D eigenvalue weighted by Gasteiger charge is 2.33. The molecule has 2 aromatic carbocycles. The SMILES string of the molecule is CSc1ccc(CN2CC(c3noc(-c4cccc5[nH]ccc45)n3)CC2=O)cc1. The summed E-state index contributed by atoms with van der Waals surface area (Å²) in [5.41, 5.74) is 3.05. The van der Waals surface area contributed by atoms with Gasteiger partial charge >= 0.3 is 0 Å². The lowest BCUT2D eigenvalue weighted by molar-refractivity contribution is -0.128. The third-order valence-electron chi connectivity index (χ3n) is 5.38. The van der Waals surface area contributed by atoms with Crippen LogP contribution >= 0.6 is 11.8 Å². The van der Waals surface area contributed by atoms with Crippen LogP contribution in [-0.2, 0) is 11.3 Å². The highest BCUT2D eigenvalue weighted by Crippen LogP contribution is 2.31. The second-order valence-corrected chi connectivity index (χ2v) is 8.11. The van der Waals surface area contributed by atoms with E-state index in [-0.39, 0.29) is 11.8 Å². The largest absolute Gasteiger partial charge is 0.361 e. The van der Waals surface area contributed by atoms with Gasteiger partial charge in [-0.15, -0.1) is 11.8 Å². The maximum absolute atomic E-state index is 12.5. The minimum Gasteiger partial charge on any atom is -0.361 e. The van der Waals surface area contributed by atoms with Crippen LogP contribution in [0.3, 0.4) is 0 Å². The summed E-state index contributed by atoms with van der Waals surface area (Å²) in [7, 11) is 0. The number of amides is 1. The molecule has 4 aromatic rings. The second kappa shape index (κ2) is 7.40. The fourth-order valence-electron chi connectivity index (χ4n) is 3.83. The number of H-pyrrole nitrogens is 1. The number of aromatic nitrogens is 3. The molecule has 146 valence electrons. The van der Waals surface area contributed by atoms with E-state index in [1.807, 2.05) is 35.4 Å². The van der Waals surface area contributed by atoms with Gasteiger partial charge in [-0.2, -0.15) is 4.98 Å². The fourth-order valence-corrected chi connectivity index (χ4v) is 4.24. The van der Waals surface area contributed by atoms with Crippen LogP contribution < -0.4 is 0 Å². The maximum Gasteiger partial charge on any atom is 0.258 e. The average Bonchev–Trinajstić information content (AvgIpc) is 3.48. The van der Waals surface area contributed by atoms with Gasteiger partial charge in [-0.3, -0.25) is 4.79 Å². The summed E-state index contributed by atoms with van der Waals surface area (Å²) in [6.07, 6.45) is 4.36. The molecule has 0 radical (unpaired) electrons. The van der Waals surface area contributed by atoms with Crippen LogP contribution in [0.4, 0.5) is 0 Å². The molecule has 0 bridgehead atoms. The van der Waals surface area contributed by atoms with Gasteiger partial charge in [0.05, 0.1) is 0 Å². The lowest BCUT2D eigenvalue weighted by Gasteiger charge is -2.16. The molecule has 1 N–H and O–H groups in total. The number of hydrogen-bond donors (Lipinski definition) is 1. The van der Waals surface area contributed by atoms with Gasteiger partial charge in [0, 0.05) is 53.0 Å². The van der Waals surface area contributed by atoms with Gasteiger partial charge in [0.1, 0.15) is 0 Å². The van der Waals surface area contributed by atoms with E-state index in [1.54, 1.807) is 11.8 Å². The number of fused-ring (bicyclic) bond motifs is 1. The number of nitrogens with one attached hydrogen (secondary N) is 1. The van der Waals surface area contributed by atoms with E-state index in [4.69, 9.17) is 4.52 Å². The van der Waals surface area contributed by atoms with Crippen LogP contribution in [0.15, 0.2) is 64.1 Å². The van der Waals surface area contributed by atoms with Crippen molar-refractivity contribution in [2.75, 3.05) is 12.8 Å². The molecular weight excluding hydrogens is 384 g/mol. The number of carbonyl (C=O) groups excluding carboxylic acids is 1. The van der Waals surface area contributed by atoms with E-state index >= 15 is 0 Å². The number of nitrogens with zero attached hydrogens (tertiary/aromatic N) is 3. The summed E-state index contributed by atoms with van der Waals surface area (Å²) in [5.74, 6) is 1.17. The van der Waals surface area contributed by atoms with E-state index in [0.29, 0.717) is 31.2 Å². The molecule has 29 heavy (non-hydrogen) atoms. The van der Waals surface area contributed by atoms with Gasteiger partial charge in [0.2, 0.25) is 5.91 Å².